The summed E-state index contributed by atoms with van der Waals surface area (Å²) in [5.74, 6) is 0. The van der Waals surface area contributed by atoms with Crippen LogP contribution in [0, 0.1) is 11.3 Å². The number of hydrogen-bond acceptors (Lipinski definition) is 2. The number of alkyl halides is 1. The minimum absolute atomic E-state index is 0.212. The van der Waals surface area contributed by atoms with E-state index in [2.05, 4.69) is 0 Å². The molecule has 1 aromatic carbocycles. The topological polar surface area (TPSA) is 33.0 Å². The van der Waals surface area contributed by atoms with Gasteiger partial charge >= 0.3 is 0 Å². The largest absolute Gasteiger partial charge is 0.374 e. The Morgan fingerprint density at radius 1 is 1.43 bits per heavy atom. The first-order chi connectivity index (χ1) is 6.74. The van der Waals surface area contributed by atoms with Crippen molar-refractivity contribution in [3.8, 4) is 6.07 Å². The Kier molecular flexibility index (Phi) is 4.75. The zero-order valence-corrected chi connectivity index (χ0v) is 8.92. The Morgan fingerprint density at radius 3 is 2.79 bits per heavy atom. The molecule has 2 nitrogen and oxygen atoms in total. The molecule has 74 valence electrons. The number of halogens is 2. The fourth-order valence-corrected chi connectivity index (χ4v) is 1.20. The van der Waals surface area contributed by atoms with E-state index < -0.39 is 5.38 Å². The van der Waals surface area contributed by atoms with Crippen molar-refractivity contribution in [1.82, 2.24) is 0 Å². The van der Waals surface area contributed by atoms with Crippen LogP contribution in [0.1, 0.15) is 5.56 Å². The smallest absolute Gasteiger partial charge is 0.143 e. The van der Waals surface area contributed by atoms with Crippen molar-refractivity contribution in [2.45, 2.75) is 12.0 Å². The molecule has 0 heterocycles. The summed E-state index contributed by atoms with van der Waals surface area (Å²) in [5, 5.41) is 8.46. The van der Waals surface area contributed by atoms with E-state index in [4.69, 9.17) is 33.2 Å². The number of rotatable bonds is 4. The fourth-order valence-electron chi connectivity index (χ4n) is 0.925. The third kappa shape index (κ3) is 3.55. The lowest BCUT2D eigenvalue weighted by atomic mass is 10.2. The number of hydrogen-bond donors (Lipinski definition) is 0. The van der Waals surface area contributed by atoms with E-state index in [0.29, 0.717) is 11.6 Å². The van der Waals surface area contributed by atoms with Crippen molar-refractivity contribution < 1.29 is 4.74 Å². The summed E-state index contributed by atoms with van der Waals surface area (Å²) < 4.78 is 5.21. The van der Waals surface area contributed by atoms with Crippen LogP contribution in [0.2, 0.25) is 5.02 Å². The molecule has 0 aliphatic heterocycles. The van der Waals surface area contributed by atoms with E-state index in [9.17, 15) is 0 Å². The summed E-state index contributed by atoms with van der Waals surface area (Å²) in [6.45, 7) is 0.591. The van der Waals surface area contributed by atoms with Gasteiger partial charge in [0, 0.05) is 5.02 Å². The van der Waals surface area contributed by atoms with Gasteiger partial charge in [-0.25, -0.2) is 0 Å². The van der Waals surface area contributed by atoms with Crippen molar-refractivity contribution >= 4 is 23.2 Å². The van der Waals surface area contributed by atoms with E-state index in [1.807, 2.05) is 24.3 Å². The van der Waals surface area contributed by atoms with Gasteiger partial charge in [-0.05, 0) is 11.6 Å². The van der Waals surface area contributed by atoms with Crippen LogP contribution in [0.3, 0.4) is 0 Å². The molecule has 0 radical (unpaired) electrons. The Labute approximate surface area is 93.0 Å². The molecule has 14 heavy (non-hydrogen) atoms. The van der Waals surface area contributed by atoms with Crippen LogP contribution in [0.15, 0.2) is 24.3 Å². The zero-order valence-electron chi connectivity index (χ0n) is 7.41. The number of nitrogens with zero attached hydrogens (tertiary/aromatic N) is 1. The average Bonchev–Trinajstić information content (AvgIpc) is 2.20. The number of ether oxygens (including phenoxy) is 1. The van der Waals surface area contributed by atoms with Crippen LogP contribution >= 0.6 is 23.2 Å². The summed E-state index contributed by atoms with van der Waals surface area (Å²) in [7, 11) is 0. The Balaban J connectivity index is 2.40. The van der Waals surface area contributed by atoms with Crippen LogP contribution < -0.4 is 0 Å². The minimum Gasteiger partial charge on any atom is -0.374 e. The second-order valence-electron chi connectivity index (χ2n) is 2.70. The summed E-state index contributed by atoms with van der Waals surface area (Å²) >= 11 is 11.4. The monoisotopic (exact) mass is 229 g/mol. The molecule has 0 aliphatic rings. The van der Waals surface area contributed by atoms with Gasteiger partial charge < -0.3 is 4.74 Å². The van der Waals surface area contributed by atoms with Gasteiger partial charge in [0.05, 0.1) is 19.3 Å². The highest BCUT2D eigenvalue weighted by Gasteiger charge is 2.03. The van der Waals surface area contributed by atoms with E-state index >= 15 is 0 Å². The second-order valence-corrected chi connectivity index (χ2v) is 3.64. The molecule has 1 unspecified atom stereocenters. The summed E-state index contributed by atoms with van der Waals surface area (Å²) in [5.41, 5.74) is 0.899. The number of nitriles is 1. The van der Waals surface area contributed by atoms with Gasteiger partial charge in [-0.15, -0.1) is 11.6 Å². The molecule has 0 fully saturated rings. The third-order valence-electron chi connectivity index (χ3n) is 1.62. The van der Waals surface area contributed by atoms with Gasteiger partial charge in [0.1, 0.15) is 5.38 Å². The van der Waals surface area contributed by atoms with E-state index in [1.54, 1.807) is 6.07 Å². The first-order valence-electron chi connectivity index (χ1n) is 4.09. The Bertz CT molecular complexity index is 335. The van der Waals surface area contributed by atoms with Gasteiger partial charge in [-0.3, -0.25) is 0 Å². The highest BCUT2D eigenvalue weighted by molar-refractivity contribution is 6.31. The fraction of sp³-hybridized carbons (Fsp3) is 0.300. The molecule has 0 spiro atoms. The van der Waals surface area contributed by atoms with Crippen molar-refractivity contribution in [3.05, 3.63) is 34.9 Å². The maximum atomic E-state index is 8.40. The predicted molar refractivity (Wildman–Crippen MR) is 56.4 cm³/mol. The average molecular weight is 230 g/mol. The van der Waals surface area contributed by atoms with E-state index in [1.165, 1.54) is 0 Å². The van der Waals surface area contributed by atoms with E-state index in [-0.39, 0.29) is 6.61 Å². The van der Waals surface area contributed by atoms with Crippen LogP contribution in [0.25, 0.3) is 0 Å². The summed E-state index contributed by atoms with van der Waals surface area (Å²) in [4.78, 5) is 0. The third-order valence-corrected chi connectivity index (χ3v) is 2.21. The van der Waals surface area contributed by atoms with Crippen molar-refractivity contribution in [2.24, 2.45) is 0 Å². The zero-order chi connectivity index (χ0) is 10.4. The molecule has 0 aromatic heterocycles. The standard InChI is InChI=1S/C10H9Cl2NO/c11-9(5-13)7-14-6-8-3-1-2-4-10(8)12/h1-4,9H,6-7H2. The maximum absolute atomic E-state index is 8.40. The molecular weight excluding hydrogens is 221 g/mol. The van der Waals surface area contributed by atoms with Gasteiger partial charge in [-0.2, -0.15) is 5.26 Å². The van der Waals surface area contributed by atoms with Crippen LogP contribution in [0.5, 0.6) is 0 Å². The minimum atomic E-state index is -0.600. The van der Waals surface area contributed by atoms with Gasteiger partial charge in [0.2, 0.25) is 0 Å². The first kappa shape index (κ1) is 11.3. The van der Waals surface area contributed by atoms with E-state index in [0.717, 1.165) is 5.56 Å². The molecule has 0 N–H and O–H groups in total. The van der Waals surface area contributed by atoms with Crippen LogP contribution in [-0.2, 0) is 11.3 Å². The number of benzene rings is 1. The SMILES string of the molecule is N#CC(Cl)COCc1ccccc1Cl. The Morgan fingerprint density at radius 2 is 2.14 bits per heavy atom. The first-order valence-corrected chi connectivity index (χ1v) is 4.90. The lowest BCUT2D eigenvalue weighted by molar-refractivity contribution is 0.128. The maximum Gasteiger partial charge on any atom is 0.143 e. The molecule has 0 saturated carbocycles. The lowest BCUT2D eigenvalue weighted by Gasteiger charge is -2.05. The lowest BCUT2D eigenvalue weighted by Crippen LogP contribution is -2.06. The van der Waals surface area contributed by atoms with Crippen molar-refractivity contribution in [1.29, 1.82) is 5.26 Å². The predicted octanol–water partition coefficient (Wildman–Crippen LogP) is 2.99. The highest BCUT2D eigenvalue weighted by Crippen LogP contribution is 2.15. The van der Waals surface area contributed by atoms with Crippen LogP contribution in [-0.4, -0.2) is 12.0 Å². The molecule has 0 aliphatic carbocycles. The van der Waals surface area contributed by atoms with Gasteiger partial charge in [0.15, 0.2) is 0 Å². The molecular formula is C10H9Cl2NO. The molecule has 1 aromatic rings. The second kappa shape index (κ2) is 5.87. The molecule has 4 heteroatoms. The summed E-state index contributed by atoms with van der Waals surface area (Å²) in [6, 6.07) is 9.28. The van der Waals surface area contributed by atoms with Gasteiger partial charge in [-0.1, -0.05) is 29.8 Å². The van der Waals surface area contributed by atoms with Crippen molar-refractivity contribution in [2.75, 3.05) is 6.61 Å². The quantitative estimate of drug-likeness (QED) is 0.745. The molecule has 1 atom stereocenters. The normalized spacial score (nSPS) is 12.1. The molecule has 1 rings (SSSR count). The van der Waals surface area contributed by atoms with Crippen LogP contribution in [0.4, 0.5) is 0 Å². The molecule has 0 bridgehead atoms. The molecule has 0 amide bonds. The summed E-state index contributed by atoms with van der Waals surface area (Å²) in [6.07, 6.45) is 0. The Hall–Kier alpha value is -0.750. The molecule has 0 saturated heterocycles. The van der Waals surface area contributed by atoms with Gasteiger partial charge in [0.25, 0.3) is 0 Å². The van der Waals surface area contributed by atoms with Crippen molar-refractivity contribution in [3.63, 3.8) is 0 Å². The highest BCUT2D eigenvalue weighted by atomic mass is 35.5.